The quantitative estimate of drug-likeness (QED) is 0.108. The maximum Gasteiger partial charge on any atom is 0.248 e. The third-order valence-electron chi connectivity index (χ3n) is 9.42. The van der Waals surface area contributed by atoms with Gasteiger partial charge in [-0.05, 0) is 94.1 Å². The maximum absolute atomic E-state index is 12.0. The summed E-state index contributed by atoms with van der Waals surface area (Å²) in [5, 5.41) is 1.32. The second-order valence-electron chi connectivity index (χ2n) is 13.8. The van der Waals surface area contributed by atoms with Crippen molar-refractivity contribution < 1.29 is 23.9 Å². The molecule has 0 spiro atoms. The molecule has 0 N–H and O–H groups in total. The molecule has 2 rings (SSSR count). The molecule has 250 valence electrons. The first-order valence-electron chi connectivity index (χ1n) is 17.3. The van der Waals surface area contributed by atoms with Gasteiger partial charge < -0.3 is 9.47 Å². The highest BCUT2D eigenvalue weighted by molar-refractivity contribution is 5.77. The van der Waals surface area contributed by atoms with Crippen molar-refractivity contribution in [2.45, 2.75) is 163 Å². The Kier molecular flexibility index (Phi) is 19.6. The lowest BCUT2D eigenvalue weighted by Crippen LogP contribution is -2.31. The lowest BCUT2D eigenvalue weighted by atomic mass is 9.90. The lowest BCUT2D eigenvalue weighted by molar-refractivity contribution is -0.173. The summed E-state index contributed by atoms with van der Waals surface area (Å²) >= 11 is 0. The molecule has 2 fully saturated rings. The van der Waals surface area contributed by atoms with Crippen molar-refractivity contribution in [1.29, 1.82) is 0 Å². The normalized spacial score (nSPS) is 24.7. The van der Waals surface area contributed by atoms with Crippen LogP contribution in [0.5, 0.6) is 0 Å². The van der Waals surface area contributed by atoms with Crippen molar-refractivity contribution in [2.24, 2.45) is 23.7 Å². The molecule has 2 saturated heterocycles. The van der Waals surface area contributed by atoms with Crippen LogP contribution >= 0.6 is 0 Å². The molecule has 6 heteroatoms. The standard InChI is InChI=1S/C19H35NO3.C18H32O2/c1-7-8-9-17-13-15(3)18(23-17)11-10-14(2)12-16(4)19(21)20(5)22-6;1-6-7-8-17-12-15(4)18(20-17)10-9-13(2)11-14(3)16(5)19/h14,16-18H,3,7-13H2,1-2,4-6H3;13-14,17-18H,4,6-12H2,1-3,5H3/t14-,16-,17+,18?;13-,14-,17+,18?/m11/s1. The van der Waals surface area contributed by atoms with Crippen LogP contribution in [-0.4, -0.2) is 55.3 Å². The zero-order valence-electron chi connectivity index (χ0n) is 29.4. The van der Waals surface area contributed by atoms with Crippen molar-refractivity contribution in [3.05, 3.63) is 24.3 Å². The fourth-order valence-corrected chi connectivity index (χ4v) is 6.33. The highest BCUT2D eigenvalue weighted by atomic mass is 16.7. The van der Waals surface area contributed by atoms with E-state index in [2.05, 4.69) is 40.9 Å². The summed E-state index contributed by atoms with van der Waals surface area (Å²) in [5.41, 5.74) is 2.53. The summed E-state index contributed by atoms with van der Waals surface area (Å²) in [7, 11) is 3.18. The predicted octanol–water partition coefficient (Wildman–Crippen LogP) is 9.27. The third kappa shape index (κ3) is 15.4. The Morgan fingerprint density at radius 2 is 1.23 bits per heavy atom. The van der Waals surface area contributed by atoms with Crippen LogP contribution in [0.3, 0.4) is 0 Å². The van der Waals surface area contributed by atoms with E-state index in [0.717, 1.165) is 57.8 Å². The topological polar surface area (TPSA) is 65.1 Å². The van der Waals surface area contributed by atoms with Crippen LogP contribution in [0.4, 0.5) is 0 Å². The number of hydroxylamine groups is 2. The number of hydrogen-bond donors (Lipinski definition) is 0. The van der Waals surface area contributed by atoms with Gasteiger partial charge in [0.1, 0.15) is 5.78 Å². The minimum Gasteiger partial charge on any atom is -0.370 e. The van der Waals surface area contributed by atoms with Crippen LogP contribution in [0.2, 0.25) is 0 Å². The number of hydrogen-bond acceptors (Lipinski definition) is 5. The zero-order valence-corrected chi connectivity index (χ0v) is 29.4. The van der Waals surface area contributed by atoms with Crippen molar-refractivity contribution >= 4 is 11.7 Å². The molecular formula is C37H67NO5. The van der Waals surface area contributed by atoms with Gasteiger partial charge in [-0.3, -0.25) is 14.4 Å². The van der Waals surface area contributed by atoms with E-state index in [4.69, 9.17) is 14.3 Å². The predicted molar refractivity (Wildman–Crippen MR) is 179 cm³/mol. The molecule has 0 saturated carbocycles. The minimum absolute atomic E-state index is 0.0139. The number of carbonyl (C=O) groups excluding carboxylic acids is 2. The molecule has 0 aromatic heterocycles. The van der Waals surface area contributed by atoms with Gasteiger partial charge >= 0.3 is 0 Å². The molecule has 2 aliphatic heterocycles. The molecule has 1 amide bonds. The van der Waals surface area contributed by atoms with Gasteiger partial charge in [0.15, 0.2) is 0 Å². The van der Waals surface area contributed by atoms with E-state index in [0.29, 0.717) is 29.8 Å². The average molecular weight is 606 g/mol. The van der Waals surface area contributed by atoms with E-state index in [1.54, 1.807) is 14.0 Å². The Hall–Kier alpha value is -1.50. The van der Waals surface area contributed by atoms with E-state index in [1.807, 2.05) is 13.8 Å². The van der Waals surface area contributed by atoms with Crippen LogP contribution in [-0.2, 0) is 23.9 Å². The van der Waals surface area contributed by atoms with Crippen LogP contribution < -0.4 is 0 Å². The van der Waals surface area contributed by atoms with Crippen LogP contribution in [0.25, 0.3) is 0 Å². The molecule has 8 atom stereocenters. The highest BCUT2D eigenvalue weighted by Gasteiger charge is 2.30. The largest absolute Gasteiger partial charge is 0.370 e. The van der Waals surface area contributed by atoms with E-state index in [1.165, 1.54) is 55.4 Å². The number of carbonyl (C=O) groups is 2. The molecule has 0 radical (unpaired) electrons. The number of ketones is 1. The number of rotatable bonds is 19. The summed E-state index contributed by atoms with van der Waals surface area (Å²) in [6.45, 7) is 23.0. The van der Waals surface area contributed by atoms with Crippen molar-refractivity contribution in [1.82, 2.24) is 5.06 Å². The van der Waals surface area contributed by atoms with Gasteiger partial charge in [-0.25, -0.2) is 5.06 Å². The Morgan fingerprint density at radius 1 is 0.814 bits per heavy atom. The number of ether oxygens (including phenoxy) is 2. The molecule has 2 unspecified atom stereocenters. The Balaban J connectivity index is 0.000000434. The van der Waals surface area contributed by atoms with Gasteiger partial charge in [0.2, 0.25) is 5.91 Å². The molecule has 0 aromatic rings. The third-order valence-corrected chi connectivity index (χ3v) is 9.42. The van der Waals surface area contributed by atoms with Gasteiger partial charge in [-0.1, -0.05) is 80.4 Å². The van der Waals surface area contributed by atoms with Crippen LogP contribution in [0, 0.1) is 23.7 Å². The monoisotopic (exact) mass is 606 g/mol. The van der Waals surface area contributed by atoms with Crippen LogP contribution in [0.15, 0.2) is 24.3 Å². The maximum atomic E-state index is 12.0. The molecule has 2 aliphatic rings. The van der Waals surface area contributed by atoms with Crippen LogP contribution in [0.1, 0.15) is 138 Å². The van der Waals surface area contributed by atoms with Gasteiger partial charge in [0.05, 0.1) is 31.5 Å². The van der Waals surface area contributed by atoms with Gasteiger partial charge in [0, 0.05) is 18.9 Å². The van der Waals surface area contributed by atoms with E-state index >= 15 is 0 Å². The van der Waals surface area contributed by atoms with Gasteiger partial charge in [-0.15, -0.1) is 0 Å². The second-order valence-corrected chi connectivity index (χ2v) is 13.8. The van der Waals surface area contributed by atoms with Gasteiger partial charge in [-0.2, -0.15) is 0 Å². The molecule has 0 aromatic carbocycles. The Morgan fingerprint density at radius 3 is 1.60 bits per heavy atom. The first-order valence-corrected chi connectivity index (χ1v) is 17.3. The molecule has 0 aliphatic carbocycles. The van der Waals surface area contributed by atoms with Crippen molar-refractivity contribution in [3.63, 3.8) is 0 Å². The summed E-state index contributed by atoms with van der Waals surface area (Å²) in [5.74, 6) is 1.60. The second kappa shape index (κ2) is 21.3. The van der Waals surface area contributed by atoms with E-state index in [9.17, 15) is 9.59 Å². The van der Waals surface area contributed by atoms with Crippen molar-refractivity contribution in [2.75, 3.05) is 14.2 Å². The molecule has 2 heterocycles. The minimum atomic E-state index is -0.0139. The first kappa shape index (κ1) is 39.5. The first-order chi connectivity index (χ1) is 20.3. The molecule has 6 nitrogen and oxygen atoms in total. The zero-order chi connectivity index (χ0) is 32.5. The lowest BCUT2D eigenvalue weighted by Gasteiger charge is -2.22. The fourth-order valence-electron chi connectivity index (χ4n) is 6.33. The Labute approximate surface area is 265 Å². The molecule has 43 heavy (non-hydrogen) atoms. The summed E-state index contributed by atoms with van der Waals surface area (Å²) in [6.07, 6.45) is 16.7. The summed E-state index contributed by atoms with van der Waals surface area (Å²) in [6, 6.07) is 0. The highest BCUT2D eigenvalue weighted by Crippen LogP contribution is 2.33. The Bertz CT molecular complexity index is 841. The van der Waals surface area contributed by atoms with E-state index in [-0.39, 0.29) is 30.0 Å². The molecular weight excluding hydrogens is 538 g/mol. The smallest absolute Gasteiger partial charge is 0.248 e. The number of nitrogens with zero attached hydrogens (tertiary/aromatic N) is 1. The average Bonchev–Trinajstić information content (AvgIpc) is 3.52. The van der Waals surface area contributed by atoms with Crippen molar-refractivity contribution in [3.8, 4) is 0 Å². The summed E-state index contributed by atoms with van der Waals surface area (Å²) in [4.78, 5) is 28.3. The van der Waals surface area contributed by atoms with Gasteiger partial charge in [0.25, 0.3) is 0 Å². The summed E-state index contributed by atoms with van der Waals surface area (Å²) < 4.78 is 12.3. The van der Waals surface area contributed by atoms with E-state index < -0.39 is 0 Å². The fraction of sp³-hybridized carbons (Fsp3) is 0.838. The number of Topliss-reactive ketones (excluding diaryl/α,β-unsaturated/α-hetero) is 1. The SMILES string of the molecule is C=C1C[C@H](CCCC)OC1CC[C@@H](C)C[C@@H](C)C(=O)N(C)OC.C=C1C[C@H](CCCC)OC1CC[C@@H](C)C[C@@H](C)C(C)=O. The molecule has 0 bridgehead atoms. The number of amides is 1. The number of unbranched alkanes of at least 4 members (excludes halogenated alkanes) is 2.